The van der Waals surface area contributed by atoms with Crippen molar-refractivity contribution in [3.63, 3.8) is 0 Å². The molecule has 0 fully saturated rings. The molecule has 3 aliphatic rings. The van der Waals surface area contributed by atoms with E-state index in [1.807, 2.05) is 6.07 Å². The van der Waals surface area contributed by atoms with E-state index in [0.29, 0.717) is 5.89 Å². The van der Waals surface area contributed by atoms with E-state index in [0.717, 1.165) is 66.5 Å². The van der Waals surface area contributed by atoms with Gasteiger partial charge >= 0.3 is 0 Å². The fourth-order valence-corrected chi connectivity index (χ4v) is 12.0. The van der Waals surface area contributed by atoms with Crippen LogP contribution in [0.3, 0.4) is 0 Å². The van der Waals surface area contributed by atoms with Gasteiger partial charge in [-0.25, -0.2) is 4.98 Å². The van der Waals surface area contributed by atoms with Gasteiger partial charge in [0.05, 0.1) is 11.1 Å². The summed E-state index contributed by atoms with van der Waals surface area (Å²) in [7, 11) is 0. The minimum absolute atomic E-state index is 0.0187. The highest BCUT2D eigenvalue weighted by molar-refractivity contribution is 6.04. The van der Waals surface area contributed by atoms with Crippen LogP contribution in [0.4, 0.5) is 5.69 Å². The molecule has 2 heterocycles. The Balaban J connectivity index is 0.936. The van der Waals surface area contributed by atoms with Crippen LogP contribution in [-0.2, 0) is 16.2 Å². The van der Waals surface area contributed by atoms with Gasteiger partial charge in [0.1, 0.15) is 11.3 Å². The maximum Gasteiger partial charge on any atom is 0.227 e. The highest BCUT2D eigenvalue weighted by Gasteiger charge is 2.52. The Hall–Kier alpha value is -8.21. The van der Waals surface area contributed by atoms with Crippen LogP contribution < -0.4 is 10.1 Å². The number of anilines is 1. The van der Waals surface area contributed by atoms with Gasteiger partial charge < -0.3 is 14.5 Å². The Morgan fingerprint density at radius 3 is 1.75 bits per heavy atom. The number of aromatic nitrogens is 1. The molecule has 1 spiro atoms. The molecule has 0 saturated carbocycles. The number of nitrogens with zero attached hydrogens (tertiary/aromatic N) is 1. The molecule has 1 atom stereocenters. The summed E-state index contributed by atoms with van der Waals surface area (Å²) < 4.78 is 13.4. The zero-order valence-corrected chi connectivity index (χ0v) is 40.8. The molecule has 4 heteroatoms. The van der Waals surface area contributed by atoms with Crippen molar-refractivity contribution in [1.29, 1.82) is 0 Å². The van der Waals surface area contributed by atoms with Crippen LogP contribution in [-0.4, -0.2) is 4.98 Å². The van der Waals surface area contributed by atoms with Crippen LogP contribution in [0.25, 0.3) is 88.6 Å². The summed E-state index contributed by atoms with van der Waals surface area (Å²) >= 11 is 0. The monoisotopic (exact) mass is 916 g/mol. The minimum atomic E-state index is -0.488. The molecular weight excluding hydrogens is 865 g/mol. The third-order valence-electron chi connectivity index (χ3n) is 15.6. The molecular formula is C67H52N2O2. The Morgan fingerprint density at radius 2 is 1.01 bits per heavy atom. The Morgan fingerprint density at radius 1 is 0.451 bits per heavy atom. The first kappa shape index (κ1) is 41.7. The van der Waals surface area contributed by atoms with Crippen molar-refractivity contribution in [2.45, 2.75) is 64.0 Å². The fourth-order valence-electron chi connectivity index (χ4n) is 12.0. The van der Waals surface area contributed by atoms with E-state index in [4.69, 9.17) is 14.1 Å². The second-order valence-corrected chi connectivity index (χ2v) is 22.0. The summed E-state index contributed by atoms with van der Waals surface area (Å²) in [4.78, 5) is 5.19. The summed E-state index contributed by atoms with van der Waals surface area (Å²) in [6, 6.07) is 71.7. The molecule has 14 rings (SSSR count). The first-order valence-electron chi connectivity index (χ1n) is 24.9. The molecule has 1 aliphatic heterocycles. The van der Waals surface area contributed by atoms with E-state index in [2.05, 4.69) is 235 Å². The number of hydrogen-bond acceptors (Lipinski definition) is 4. The largest absolute Gasteiger partial charge is 0.464 e. The lowest BCUT2D eigenvalue weighted by molar-refractivity contribution is 0.260. The lowest BCUT2D eigenvalue weighted by atomic mass is 9.68. The number of ether oxygens (including phenoxy) is 1. The Kier molecular flexibility index (Phi) is 8.76. The van der Waals surface area contributed by atoms with Crippen molar-refractivity contribution in [2.24, 2.45) is 0 Å². The molecule has 4 nitrogen and oxygen atoms in total. The molecule has 71 heavy (non-hydrogen) atoms. The predicted octanol–water partition coefficient (Wildman–Crippen LogP) is 17.6. The topological polar surface area (TPSA) is 47.3 Å². The minimum Gasteiger partial charge on any atom is -0.464 e. The SMILES string of the molecule is CC(C)(C)c1ccc2c(c1)C1(c3ccccc3-c3ccc(-c4cccc(-c5cc(-c6nc7c(ccc8ccccc87)o6)cc(C6Nc7c(ccc8ccccc78)O6)c5)c4)cc31)c1cc(C(C)(C)C)ccc1-2. The number of rotatable bonds is 4. The van der Waals surface area contributed by atoms with Crippen LogP contribution in [0.5, 0.6) is 5.75 Å². The van der Waals surface area contributed by atoms with Gasteiger partial charge in [-0.2, -0.15) is 0 Å². The van der Waals surface area contributed by atoms with Gasteiger partial charge in [0.2, 0.25) is 5.89 Å². The van der Waals surface area contributed by atoms with Gasteiger partial charge in [-0.05, 0) is 142 Å². The van der Waals surface area contributed by atoms with Crippen LogP contribution in [0.2, 0.25) is 0 Å². The summed E-state index contributed by atoms with van der Waals surface area (Å²) in [5.41, 5.74) is 21.8. The van der Waals surface area contributed by atoms with Gasteiger partial charge in [-0.15, -0.1) is 0 Å². The summed E-state index contributed by atoms with van der Waals surface area (Å²) in [6.07, 6.45) is -0.424. The summed E-state index contributed by atoms with van der Waals surface area (Å²) in [6.45, 7) is 14.0. The van der Waals surface area contributed by atoms with Crippen molar-refractivity contribution >= 4 is 38.3 Å². The molecule has 2 aliphatic carbocycles. The number of benzene rings is 10. The second-order valence-electron chi connectivity index (χ2n) is 22.0. The van der Waals surface area contributed by atoms with Gasteiger partial charge in [0.15, 0.2) is 11.8 Å². The lowest BCUT2D eigenvalue weighted by Gasteiger charge is -2.33. The van der Waals surface area contributed by atoms with Crippen LogP contribution in [0.1, 0.15) is 86.7 Å². The van der Waals surface area contributed by atoms with Crippen LogP contribution >= 0.6 is 0 Å². The highest BCUT2D eigenvalue weighted by Crippen LogP contribution is 2.64. The number of hydrogen-bond donors (Lipinski definition) is 1. The Bertz CT molecular complexity index is 3980. The van der Waals surface area contributed by atoms with E-state index in [-0.39, 0.29) is 10.8 Å². The standard InChI is InChI=1S/C67H52N2O2/c1-65(2,3)47-25-28-53-54-29-26-48(66(4,5)6)38-58(54)67(57(53)37-47)55-21-12-11-20-51(55)52-27-22-43(36-56(52)67)41-16-13-17-42(32-41)44-33-45(63-68-61-49-18-9-7-14-39(49)23-30-59(61)70-63)35-46(34-44)64-69-62-50-19-10-8-15-40(50)24-31-60(62)71-64/h7-38,63,68H,1-6H3. The number of fused-ring (bicyclic) bond motifs is 16. The van der Waals surface area contributed by atoms with Gasteiger partial charge in [-0.3, -0.25) is 0 Å². The van der Waals surface area contributed by atoms with E-state index >= 15 is 0 Å². The smallest absolute Gasteiger partial charge is 0.227 e. The average Bonchev–Trinajstić information content (AvgIpc) is 4.17. The Labute approximate surface area is 414 Å². The third-order valence-corrected chi connectivity index (χ3v) is 15.6. The molecule has 1 aromatic heterocycles. The first-order valence-corrected chi connectivity index (χ1v) is 24.9. The predicted molar refractivity (Wildman–Crippen MR) is 292 cm³/mol. The summed E-state index contributed by atoms with van der Waals surface area (Å²) in [5.74, 6) is 1.41. The first-order chi connectivity index (χ1) is 34.4. The van der Waals surface area contributed by atoms with Crippen molar-refractivity contribution < 1.29 is 9.15 Å². The molecule has 10 aromatic carbocycles. The van der Waals surface area contributed by atoms with Crippen molar-refractivity contribution in [2.75, 3.05) is 5.32 Å². The molecule has 342 valence electrons. The van der Waals surface area contributed by atoms with Crippen molar-refractivity contribution in [1.82, 2.24) is 4.98 Å². The molecule has 0 saturated heterocycles. The molecule has 0 radical (unpaired) electrons. The average molecular weight is 917 g/mol. The van der Waals surface area contributed by atoms with E-state index in [1.165, 1.54) is 66.6 Å². The zero-order valence-electron chi connectivity index (χ0n) is 40.8. The second kappa shape index (κ2) is 14.9. The number of oxazole rings is 1. The van der Waals surface area contributed by atoms with E-state index in [1.54, 1.807) is 0 Å². The maximum atomic E-state index is 6.75. The number of nitrogens with one attached hydrogen (secondary N) is 1. The lowest BCUT2D eigenvalue weighted by Crippen LogP contribution is -2.27. The van der Waals surface area contributed by atoms with Gasteiger partial charge in [0.25, 0.3) is 0 Å². The third kappa shape index (κ3) is 6.26. The van der Waals surface area contributed by atoms with Crippen molar-refractivity contribution in [3.8, 4) is 61.7 Å². The molecule has 1 N–H and O–H groups in total. The van der Waals surface area contributed by atoms with Crippen LogP contribution in [0.15, 0.2) is 199 Å². The van der Waals surface area contributed by atoms with Crippen LogP contribution in [0, 0.1) is 0 Å². The molecule has 1 unspecified atom stereocenters. The normalized spacial score (nSPS) is 15.1. The maximum absolute atomic E-state index is 6.75. The molecule has 0 bridgehead atoms. The zero-order chi connectivity index (χ0) is 48.0. The van der Waals surface area contributed by atoms with Gasteiger partial charge in [0, 0.05) is 21.9 Å². The fraction of sp³-hybridized carbons (Fsp3) is 0.149. The van der Waals surface area contributed by atoms with E-state index < -0.39 is 11.6 Å². The van der Waals surface area contributed by atoms with E-state index in [9.17, 15) is 0 Å². The van der Waals surface area contributed by atoms with Crippen molar-refractivity contribution in [3.05, 3.63) is 233 Å². The summed E-state index contributed by atoms with van der Waals surface area (Å²) in [5, 5.41) is 8.26. The highest BCUT2D eigenvalue weighted by atomic mass is 16.5. The molecule has 0 amide bonds. The van der Waals surface area contributed by atoms with Gasteiger partial charge in [-0.1, -0.05) is 193 Å². The quantitative estimate of drug-likeness (QED) is 0.191. The molecule has 11 aromatic rings.